The molecule has 0 aliphatic carbocycles. The first kappa shape index (κ1) is 12.8. The highest BCUT2D eigenvalue weighted by atomic mass is 35.5. The van der Waals surface area contributed by atoms with Crippen molar-refractivity contribution in [1.82, 2.24) is 15.2 Å². The van der Waals surface area contributed by atoms with E-state index in [1.54, 1.807) is 0 Å². The van der Waals surface area contributed by atoms with E-state index in [2.05, 4.69) is 15.2 Å². The minimum Gasteiger partial charge on any atom is -0.436 e. The van der Waals surface area contributed by atoms with E-state index in [-0.39, 0.29) is 16.3 Å². The van der Waals surface area contributed by atoms with E-state index in [0.29, 0.717) is 5.75 Å². The van der Waals surface area contributed by atoms with Gasteiger partial charge in [0.15, 0.2) is 0 Å². The Morgan fingerprint density at radius 2 is 1.94 bits per heavy atom. The van der Waals surface area contributed by atoms with Gasteiger partial charge in [0.1, 0.15) is 5.75 Å². The fraction of sp³-hybridized carbons (Fsp3) is 0.0833. The lowest BCUT2D eigenvalue weighted by Gasteiger charge is -2.08. The first-order valence-electron chi connectivity index (χ1n) is 5.16. The minimum atomic E-state index is -0.0158. The molecule has 1 heterocycles. The van der Waals surface area contributed by atoms with Crippen molar-refractivity contribution in [2.45, 2.75) is 6.92 Å². The van der Waals surface area contributed by atoms with E-state index in [1.165, 1.54) is 0 Å². The molecule has 1 aromatic heterocycles. The summed E-state index contributed by atoms with van der Waals surface area (Å²) in [6.07, 6.45) is 3.83. The van der Waals surface area contributed by atoms with Crippen LogP contribution in [0.2, 0.25) is 10.4 Å². The zero-order valence-corrected chi connectivity index (χ0v) is 11.0. The number of halogens is 2. The fourth-order valence-corrected chi connectivity index (χ4v) is 1.57. The van der Waals surface area contributed by atoms with Crippen LogP contribution in [-0.2, 0) is 0 Å². The summed E-state index contributed by atoms with van der Waals surface area (Å²) in [5.74, 6) is 0.752. The van der Waals surface area contributed by atoms with Crippen LogP contribution in [0.4, 0.5) is 0 Å². The van der Waals surface area contributed by atoms with Crippen molar-refractivity contribution in [2.24, 2.45) is 0 Å². The zero-order valence-electron chi connectivity index (χ0n) is 9.47. The van der Waals surface area contributed by atoms with Crippen molar-refractivity contribution >= 4 is 29.3 Å². The van der Waals surface area contributed by atoms with Crippen molar-refractivity contribution in [3.63, 3.8) is 0 Å². The van der Waals surface area contributed by atoms with Crippen molar-refractivity contribution in [2.75, 3.05) is 0 Å². The van der Waals surface area contributed by atoms with Crippen LogP contribution in [0.25, 0.3) is 6.08 Å². The van der Waals surface area contributed by atoms with E-state index >= 15 is 0 Å². The lowest BCUT2D eigenvalue weighted by Crippen LogP contribution is -1.95. The van der Waals surface area contributed by atoms with Gasteiger partial charge in [0, 0.05) is 5.56 Å². The summed E-state index contributed by atoms with van der Waals surface area (Å²) in [6, 6.07) is 7.49. The molecule has 1 aromatic carbocycles. The third-order valence-corrected chi connectivity index (χ3v) is 2.46. The van der Waals surface area contributed by atoms with Crippen LogP contribution in [0, 0.1) is 0 Å². The average molecular weight is 282 g/mol. The Labute approximate surface area is 114 Å². The van der Waals surface area contributed by atoms with Gasteiger partial charge < -0.3 is 4.74 Å². The quantitative estimate of drug-likeness (QED) is 0.853. The van der Waals surface area contributed by atoms with Crippen molar-refractivity contribution in [3.8, 4) is 11.6 Å². The molecule has 0 radical (unpaired) electrons. The first-order chi connectivity index (χ1) is 8.70. The Morgan fingerprint density at radius 3 is 2.72 bits per heavy atom. The molecule has 0 atom stereocenters. The van der Waals surface area contributed by atoms with Crippen LogP contribution in [0.5, 0.6) is 11.6 Å². The molecule has 0 unspecified atom stereocenters. The second-order valence-electron chi connectivity index (χ2n) is 3.32. The average Bonchev–Trinajstić information content (AvgIpc) is 2.36. The van der Waals surface area contributed by atoms with Gasteiger partial charge in [-0.1, -0.05) is 42.0 Å². The van der Waals surface area contributed by atoms with Crippen molar-refractivity contribution < 1.29 is 4.74 Å². The van der Waals surface area contributed by atoms with E-state index in [4.69, 9.17) is 27.9 Å². The zero-order chi connectivity index (χ0) is 13.0. The monoisotopic (exact) mass is 281 g/mol. The van der Waals surface area contributed by atoms with Gasteiger partial charge in [-0.2, -0.15) is 4.98 Å². The van der Waals surface area contributed by atoms with E-state index < -0.39 is 0 Å². The molecule has 0 amide bonds. The van der Waals surface area contributed by atoms with Gasteiger partial charge in [-0.3, -0.25) is 0 Å². The molecular formula is C12H9Cl2N3O. The standard InChI is InChI=1S/C12H9Cl2N3O/c1-2-5-8-6-3-4-7-9(8)18-11-10(13)16-17-12(14)15-11/h2-7H,1H3/b5-2+. The van der Waals surface area contributed by atoms with Gasteiger partial charge in [-0.25, -0.2) is 0 Å². The van der Waals surface area contributed by atoms with Crippen LogP contribution in [0.1, 0.15) is 12.5 Å². The highest BCUT2D eigenvalue weighted by Crippen LogP contribution is 2.28. The van der Waals surface area contributed by atoms with Crippen molar-refractivity contribution in [3.05, 3.63) is 46.3 Å². The lowest BCUT2D eigenvalue weighted by molar-refractivity contribution is 0.456. The summed E-state index contributed by atoms with van der Waals surface area (Å²) in [5, 5.41) is 7.20. The molecule has 4 nitrogen and oxygen atoms in total. The van der Waals surface area contributed by atoms with Crippen LogP contribution in [0.15, 0.2) is 30.3 Å². The molecule has 0 saturated heterocycles. The second-order valence-corrected chi connectivity index (χ2v) is 4.01. The number of hydrogen-bond donors (Lipinski definition) is 0. The van der Waals surface area contributed by atoms with Crippen LogP contribution in [-0.4, -0.2) is 15.2 Å². The van der Waals surface area contributed by atoms with Gasteiger partial charge in [-0.05, 0) is 24.6 Å². The summed E-state index contributed by atoms with van der Waals surface area (Å²) in [5.41, 5.74) is 0.908. The first-order valence-corrected chi connectivity index (χ1v) is 5.91. The Bertz CT molecular complexity index is 587. The third-order valence-electron chi connectivity index (χ3n) is 2.06. The molecular weight excluding hydrogens is 273 g/mol. The molecule has 2 rings (SSSR count). The predicted octanol–water partition coefficient (Wildman–Crippen LogP) is 4.00. The van der Waals surface area contributed by atoms with Crippen LogP contribution in [0.3, 0.4) is 0 Å². The summed E-state index contributed by atoms with van der Waals surface area (Å²) in [4.78, 5) is 3.88. The summed E-state index contributed by atoms with van der Waals surface area (Å²) >= 11 is 11.5. The molecule has 6 heteroatoms. The topological polar surface area (TPSA) is 47.9 Å². The Balaban J connectivity index is 2.36. The highest BCUT2D eigenvalue weighted by molar-refractivity contribution is 6.31. The van der Waals surface area contributed by atoms with Gasteiger partial charge in [0.25, 0.3) is 5.88 Å². The van der Waals surface area contributed by atoms with Gasteiger partial charge in [0.2, 0.25) is 10.4 Å². The Hall–Kier alpha value is -1.65. The smallest absolute Gasteiger partial charge is 0.262 e. The summed E-state index contributed by atoms with van der Waals surface area (Å²) in [7, 11) is 0. The van der Waals surface area contributed by atoms with Crippen molar-refractivity contribution in [1.29, 1.82) is 0 Å². The number of ether oxygens (including phenoxy) is 1. The maximum Gasteiger partial charge on any atom is 0.262 e. The number of allylic oxidation sites excluding steroid dienone is 1. The molecule has 0 aliphatic heterocycles. The Kier molecular flexibility index (Phi) is 4.12. The maximum atomic E-state index is 5.84. The third kappa shape index (κ3) is 2.97. The number of rotatable bonds is 3. The van der Waals surface area contributed by atoms with Crippen LogP contribution < -0.4 is 4.74 Å². The molecule has 0 aliphatic rings. The largest absolute Gasteiger partial charge is 0.436 e. The van der Waals surface area contributed by atoms with Gasteiger partial charge in [0.05, 0.1) is 0 Å². The normalized spacial score (nSPS) is 10.8. The SMILES string of the molecule is C/C=C/c1ccccc1Oc1nc(Cl)nnc1Cl. The number of hydrogen-bond acceptors (Lipinski definition) is 4. The number of aromatic nitrogens is 3. The molecule has 2 aromatic rings. The van der Waals surface area contributed by atoms with Gasteiger partial charge in [-0.15, -0.1) is 10.2 Å². The lowest BCUT2D eigenvalue weighted by atomic mass is 10.2. The molecule has 0 fully saturated rings. The summed E-state index contributed by atoms with van der Waals surface area (Å²) < 4.78 is 5.59. The van der Waals surface area contributed by atoms with E-state index in [0.717, 1.165) is 5.56 Å². The minimum absolute atomic E-state index is 0.0158. The van der Waals surface area contributed by atoms with E-state index in [9.17, 15) is 0 Å². The van der Waals surface area contributed by atoms with Gasteiger partial charge >= 0.3 is 0 Å². The number of benzene rings is 1. The Morgan fingerprint density at radius 1 is 1.17 bits per heavy atom. The highest BCUT2D eigenvalue weighted by Gasteiger charge is 2.10. The molecule has 0 bridgehead atoms. The molecule has 18 heavy (non-hydrogen) atoms. The molecule has 92 valence electrons. The number of para-hydroxylation sites is 1. The number of nitrogens with zero attached hydrogens (tertiary/aromatic N) is 3. The maximum absolute atomic E-state index is 5.84. The fourth-order valence-electron chi connectivity index (χ4n) is 1.34. The van der Waals surface area contributed by atoms with E-state index in [1.807, 2.05) is 43.3 Å². The predicted molar refractivity (Wildman–Crippen MR) is 71.1 cm³/mol. The molecule has 0 saturated carbocycles. The molecule has 0 spiro atoms. The molecule has 0 N–H and O–H groups in total. The summed E-state index contributed by atoms with van der Waals surface area (Å²) in [6.45, 7) is 1.92. The van der Waals surface area contributed by atoms with Crippen LogP contribution >= 0.6 is 23.2 Å². The second kappa shape index (κ2) is 5.80.